The SMILES string of the molecule is COc1cc2c(cc1NC(=O)CNC(C)(C)c1ccc3c(c1)OCO3)oc1ccccc12. The third-order valence-electron chi connectivity index (χ3n) is 5.76. The second-order valence-corrected chi connectivity index (χ2v) is 8.24. The lowest BCUT2D eigenvalue weighted by Crippen LogP contribution is -2.41. The highest BCUT2D eigenvalue weighted by molar-refractivity contribution is 6.07. The minimum Gasteiger partial charge on any atom is -0.495 e. The Hall–Kier alpha value is -3.71. The van der Waals surface area contributed by atoms with E-state index in [2.05, 4.69) is 10.6 Å². The number of ether oxygens (including phenoxy) is 3. The van der Waals surface area contributed by atoms with Crippen molar-refractivity contribution in [1.82, 2.24) is 5.32 Å². The highest BCUT2D eigenvalue weighted by Crippen LogP contribution is 2.37. The lowest BCUT2D eigenvalue weighted by Gasteiger charge is -2.27. The van der Waals surface area contributed by atoms with E-state index >= 15 is 0 Å². The van der Waals surface area contributed by atoms with Crippen LogP contribution in [0.2, 0.25) is 0 Å². The van der Waals surface area contributed by atoms with Crippen LogP contribution in [0.4, 0.5) is 5.69 Å². The summed E-state index contributed by atoms with van der Waals surface area (Å²) >= 11 is 0. The third kappa shape index (κ3) is 3.61. The Bertz CT molecular complexity index is 1320. The van der Waals surface area contributed by atoms with E-state index < -0.39 is 5.54 Å². The molecule has 7 heteroatoms. The molecule has 0 bridgehead atoms. The van der Waals surface area contributed by atoms with Crippen molar-refractivity contribution >= 4 is 33.5 Å². The first-order valence-electron chi connectivity index (χ1n) is 10.4. The van der Waals surface area contributed by atoms with Gasteiger partial charge in [-0.1, -0.05) is 24.3 Å². The predicted octanol–water partition coefficient (Wildman–Crippen LogP) is 4.79. The van der Waals surface area contributed by atoms with Crippen molar-refractivity contribution in [3.8, 4) is 17.2 Å². The summed E-state index contributed by atoms with van der Waals surface area (Å²) < 4.78 is 22.3. The van der Waals surface area contributed by atoms with Gasteiger partial charge in [0.05, 0.1) is 19.3 Å². The monoisotopic (exact) mass is 432 g/mol. The minimum atomic E-state index is -0.453. The number of carbonyl (C=O) groups excluding carboxylic acids is 1. The molecule has 0 atom stereocenters. The lowest BCUT2D eigenvalue weighted by atomic mass is 9.94. The molecule has 0 unspecified atom stereocenters. The van der Waals surface area contributed by atoms with E-state index in [0.717, 1.165) is 27.7 Å². The first-order chi connectivity index (χ1) is 15.4. The highest BCUT2D eigenvalue weighted by Gasteiger charge is 2.24. The first kappa shape index (κ1) is 20.2. The second kappa shape index (κ2) is 7.76. The lowest BCUT2D eigenvalue weighted by molar-refractivity contribution is -0.115. The summed E-state index contributed by atoms with van der Waals surface area (Å²) in [6.07, 6.45) is 0. The molecule has 0 saturated heterocycles. The molecule has 0 fully saturated rings. The number of fused-ring (bicyclic) bond motifs is 4. The van der Waals surface area contributed by atoms with Crippen LogP contribution in [0.15, 0.2) is 59.0 Å². The van der Waals surface area contributed by atoms with Gasteiger partial charge in [-0.15, -0.1) is 0 Å². The summed E-state index contributed by atoms with van der Waals surface area (Å²) in [7, 11) is 1.58. The standard InChI is InChI=1S/C25H24N2O5/c1-25(2,15-8-9-20-23(10-15)31-14-30-20)26-13-24(28)27-18-12-21-17(11-22(18)29-3)16-6-4-5-7-19(16)32-21/h4-12,26H,13-14H2,1-3H3,(H,27,28). The molecule has 4 aromatic rings. The van der Waals surface area contributed by atoms with Crippen LogP contribution in [0.25, 0.3) is 21.9 Å². The van der Waals surface area contributed by atoms with Crippen LogP contribution in [0, 0.1) is 0 Å². The average molecular weight is 432 g/mol. The number of amides is 1. The van der Waals surface area contributed by atoms with Crippen LogP contribution in [0.3, 0.4) is 0 Å². The van der Waals surface area contributed by atoms with Gasteiger partial charge in [-0.05, 0) is 43.7 Å². The molecule has 1 aliphatic rings. The van der Waals surface area contributed by atoms with Crippen molar-refractivity contribution in [3.05, 3.63) is 60.2 Å². The van der Waals surface area contributed by atoms with E-state index in [0.29, 0.717) is 22.8 Å². The van der Waals surface area contributed by atoms with Gasteiger partial charge in [0.15, 0.2) is 11.5 Å². The van der Waals surface area contributed by atoms with E-state index in [9.17, 15) is 4.79 Å². The fourth-order valence-corrected chi connectivity index (χ4v) is 3.90. The number of hydrogen-bond donors (Lipinski definition) is 2. The summed E-state index contributed by atoms with van der Waals surface area (Å²) in [6, 6.07) is 17.3. The fraction of sp³-hybridized carbons (Fsp3) is 0.240. The molecular formula is C25H24N2O5. The smallest absolute Gasteiger partial charge is 0.238 e. The summed E-state index contributed by atoms with van der Waals surface area (Å²) in [4.78, 5) is 12.7. The number of hydrogen-bond acceptors (Lipinski definition) is 6. The largest absolute Gasteiger partial charge is 0.495 e. The topological polar surface area (TPSA) is 82.0 Å². The van der Waals surface area contributed by atoms with Crippen molar-refractivity contribution < 1.29 is 23.4 Å². The number of nitrogens with one attached hydrogen (secondary N) is 2. The number of rotatable bonds is 6. The van der Waals surface area contributed by atoms with Crippen LogP contribution in [0.5, 0.6) is 17.2 Å². The van der Waals surface area contributed by atoms with E-state index in [1.165, 1.54) is 0 Å². The maximum absolute atomic E-state index is 12.7. The molecule has 1 aromatic heterocycles. The summed E-state index contributed by atoms with van der Waals surface area (Å²) in [5.74, 6) is 1.83. The van der Waals surface area contributed by atoms with Gasteiger partial charge >= 0.3 is 0 Å². The van der Waals surface area contributed by atoms with Crippen molar-refractivity contribution in [2.45, 2.75) is 19.4 Å². The number of carbonyl (C=O) groups is 1. The van der Waals surface area contributed by atoms with Crippen LogP contribution < -0.4 is 24.8 Å². The molecule has 164 valence electrons. The highest BCUT2D eigenvalue weighted by atomic mass is 16.7. The molecule has 7 nitrogen and oxygen atoms in total. The zero-order valence-corrected chi connectivity index (χ0v) is 18.2. The normalized spacial score (nSPS) is 13.0. The van der Waals surface area contributed by atoms with Crippen LogP contribution >= 0.6 is 0 Å². The van der Waals surface area contributed by atoms with Gasteiger partial charge in [0.1, 0.15) is 16.9 Å². The fourth-order valence-electron chi connectivity index (χ4n) is 3.90. The first-order valence-corrected chi connectivity index (χ1v) is 10.4. The zero-order chi connectivity index (χ0) is 22.3. The molecule has 0 aliphatic carbocycles. The van der Waals surface area contributed by atoms with Gasteiger partial charge in [0.25, 0.3) is 0 Å². The molecule has 5 rings (SSSR count). The number of anilines is 1. The number of benzene rings is 3. The van der Waals surface area contributed by atoms with E-state index in [1.54, 1.807) is 13.2 Å². The summed E-state index contributed by atoms with van der Waals surface area (Å²) in [5.41, 5.74) is 2.59. The van der Waals surface area contributed by atoms with E-state index in [4.69, 9.17) is 18.6 Å². The van der Waals surface area contributed by atoms with Gasteiger partial charge in [-0.25, -0.2) is 0 Å². The van der Waals surface area contributed by atoms with Gasteiger partial charge in [-0.3, -0.25) is 10.1 Å². The molecule has 3 aromatic carbocycles. The average Bonchev–Trinajstić information content (AvgIpc) is 3.40. The van der Waals surface area contributed by atoms with Gasteiger partial charge in [0, 0.05) is 22.4 Å². The summed E-state index contributed by atoms with van der Waals surface area (Å²) in [5, 5.41) is 8.19. The maximum atomic E-state index is 12.7. The van der Waals surface area contributed by atoms with Crippen LogP contribution in [0.1, 0.15) is 19.4 Å². The van der Waals surface area contributed by atoms with Crippen LogP contribution in [-0.2, 0) is 10.3 Å². The molecule has 0 radical (unpaired) electrons. The number of para-hydroxylation sites is 1. The molecular weight excluding hydrogens is 408 g/mol. The second-order valence-electron chi connectivity index (χ2n) is 8.24. The number of furan rings is 1. The van der Waals surface area contributed by atoms with E-state index in [1.807, 2.05) is 62.4 Å². The van der Waals surface area contributed by atoms with E-state index in [-0.39, 0.29) is 19.2 Å². The molecule has 2 heterocycles. The molecule has 1 aliphatic heterocycles. The van der Waals surface area contributed by atoms with Crippen molar-refractivity contribution in [2.24, 2.45) is 0 Å². The molecule has 1 amide bonds. The van der Waals surface area contributed by atoms with Gasteiger partial charge < -0.3 is 23.9 Å². The predicted molar refractivity (Wildman–Crippen MR) is 122 cm³/mol. The molecule has 32 heavy (non-hydrogen) atoms. The Balaban J connectivity index is 1.32. The van der Waals surface area contributed by atoms with Crippen molar-refractivity contribution in [3.63, 3.8) is 0 Å². The Morgan fingerprint density at radius 3 is 2.66 bits per heavy atom. The van der Waals surface area contributed by atoms with Crippen molar-refractivity contribution in [1.29, 1.82) is 0 Å². The quantitative estimate of drug-likeness (QED) is 0.456. The Kier molecular flexibility index (Phi) is 4.90. The maximum Gasteiger partial charge on any atom is 0.238 e. The number of methoxy groups -OCH3 is 1. The third-order valence-corrected chi connectivity index (χ3v) is 5.76. The van der Waals surface area contributed by atoms with Crippen LogP contribution in [-0.4, -0.2) is 26.4 Å². The molecule has 0 saturated carbocycles. The van der Waals surface area contributed by atoms with Crippen molar-refractivity contribution in [2.75, 3.05) is 25.8 Å². The van der Waals surface area contributed by atoms with Gasteiger partial charge in [0.2, 0.25) is 12.7 Å². The summed E-state index contributed by atoms with van der Waals surface area (Å²) in [6.45, 7) is 4.37. The van der Waals surface area contributed by atoms with Gasteiger partial charge in [-0.2, -0.15) is 0 Å². The Morgan fingerprint density at radius 2 is 1.81 bits per heavy atom. The Labute approximate surface area is 185 Å². The zero-order valence-electron chi connectivity index (χ0n) is 18.2. The molecule has 0 spiro atoms. The minimum absolute atomic E-state index is 0.114. The molecule has 2 N–H and O–H groups in total. The Morgan fingerprint density at radius 1 is 1.00 bits per heavy atom.